The van der Waals surface area contributed by atoms with Gasteiger partial charge in [-0.2, -0.15) is 0 Å². The average molecular weight is 483 g/mol. The molecule has 0 unspecified atom stereocenters. The number of rotatable bonds is 6. The summed E-state index contributed by atoms with van der Waals surface area (Å²) >= 11 is 12.3. The smallest absolute Gasteiger partial charge is 0.214 e. The van der Waals surface area contributed by atoms with Gasteiger partial charge in [-0.3, -0.25) is 4.79 Å². The Morgan fingerprint density at radius 2 is 1.21 bits per heavy atom. The molecule has 3 nitrogen and oxygen atoms in total. The molecule has 1 heterocycles. The Morgan fingerprint density at radius 1 is 0.706 bits per heavy atom. The molecule has 0 saturated heterocycles. The van der Waals surface area contributed by atoms with Crippen LogP contribution >= 0.6 is 23.2 Å². The first kappa shape index (κ1) is 22.1. The van der Waals surface area contributed by atoms with Gasteiger partial charge in [-0.25, -0.2) is 4.98 Å². The molecule has 0 spiro atoms. The summed E-state index contributed by atoms with van der Waals surface area (Å²) in [4.78, 5) is 17.8. The molecule has 166 valence electrons. The molecule has 0 N–H and O–H groups in total. The minimum absolute atomic E-state index is 0.261. The zero-order valence-electron chi connectivity index (χ0n) is 18.1. The van der Waals surface area contributed by atoms with E-state index in [2.05, 4.69) is 41.4 Å². The molecule has 0 atom stereocenters. The van der Waals surface area contributed by atoms with Crippen molar-refractivity contribution in [2.45, 2.75) is 5.54 Å². The number of aromatic nitrogens is 2. The minimum atomic E-state index is -0.737. The third-order valence-corrected chi connectivity index (χ3v) is 6.50. The lowest BCUT2D eigenvalue weighted by molar-refractivity contribution is 0.103. The zero-order chi connectivity index (χ0) is 23.5. The molecule has 5 rings (SSSR count). The Kier molecular flexibility index (Phi) is 6.06. The first-order valence-electron chi connectivity index (χ1n) is 10.8. The van der Waals surface area contributed by atoms with E-state index in [4.69, 9.17) is 23.2 Å². The number of nitrogens with zero attached hydrogens (tertiary/aromatic N) is 2. The Labute approximate surface area is 208 Å². The van der Waals surface area contributed by atoms with Gasteiger partial charge in [0.1, 0.15) is 11.2 Å². The van der Waals surface area contributed by atoms with E-state index in [-0.39, 0.29) is 5.78 Å². The van der Waals surface area contributed by atoms with Crippen LogP contribution in [-0.2, 0) is 5.54 Å². The van der Waals surface area contributed by atoms with Crippen molar-refractivity contribution < 1.29 is 4.79 Å². The summed E-state index contributed by atoms with van der Waals surface area (Å²) in [7, 11) is 0. The molecular weight excluding hydrogens is 463 g/mol. The van der Waals surface area contributed by atoms with Crippen molar-refractivity contribution in [1.82, 2.24) is 9.55 Å². The van der Waals surface area contributed by atoms with Crippen LogP contribution in [0, 0.1) is 0 Å². The molecule has 0 aliphatic rings. The topological polar surface area (TPSA) is 34.9 Å². The summed E-state index contributed by atoms with van der Waals surface area (Å²) in [6.45, 7) is 0. The predicted octanol–water partition coefficient (Wildman–Crippen LogP) is 7.26. The van der Waals surface area contributed by atoms with Crippen molar-refractivity contribution in [3.63, 3.8) is 0 Å². The molecule has 4 aromatic carbocycles. The van der Waals surface area contributed by atoms with Gasteiger partial charge in [0, 0.05) is 16.8 Å². The monoisotopic (exact) mass is 482 g/mol. The van der Waals surface area contributed by atoms with Gasteiger partial charge >= 0.3 is 0 Å². The van der Waals surface area contributed by atoms with Crippen LogP contribution in [0.3, 0.4) is 0 Å². The maximum absolute atomic E-state index is 13.3. The van der Waals surface area contributed by atoms with E-state index in [1.165, 1.54) is 0 Å². The van der Waals surface area contributed by atoms with Gasteiger partial charge in [-0.1, -0.05) is 114 Å². The molecule has 5 aromatic rings. The van der Waals surface area contributed by atoms with Crippen molar-refractivity contribution in [2.24, 2.45) is 0 Å². The van der Waals surface area contributed by atoms with Crippen molar-refractivity contribution in [2.75, 3.05) is 0 Å². The third-order valence-electron chi connectivity index (χ3n) is 5.95. The number of carbonyl (C=O) groups excluding carboxylic acids is 1. The normalized spacial score (nSPS) is 11.4. The van der Waals surface area contributed by atoms with Crippen LogP contribution < -0.4 is 0 Å². The van der Waals surface area contributed by atoms with Crippen LogP contribution in [0.2, 0.25) is 10.0 Å². The van der Waals surface area contributed by atoms with Gasteiger partial charge in [0.05, 0.1) is 11.3 Å². The number of hydrogen-bond acceptors (Lipinski definition) is 2. The molecule has 0 amide bonds. The Bertz CT molecular complexity index is 1330. The summed E-state index contributed by atoms with van der Waals surface area (Å²) in [6, 6.07) is 35.5. The molecule has 34 heavy (non-hydrogen) atoms. The highest BCUT2D eigenvalue weighted by Crippen LogP contribution is 2.41. The largest absolute Gasteiger partial charge is 0.318 e. The molecule has 0 radical (unpaired) electrons. The number of carbonyl (C=O) groups is 1. The van der Waals surface area contributed by atoms with E-state index in [0.717, 1.165) is 16.7 Å². The SMILES string of the molecule is O=C(c1cn(C(c2ccccc2)(c2ccccc2)c2ccccc2)cn1)c1ccc(Cl)cc1Cl. The maximum atomic E-state index is 13.3. The second-order valence-electron chi connectivity index (χ2n) is 7.93. The molecule has 1 aromatic heterocycles. The average Bonchev–Trinajstić information content (AvgIpc) is 3.37. The van der Waals surface area contributed by atoms with Gasteiger partial charge in [-0.05, 0) is 34.9 Å². The molecule has 5 heteroatoms. The molecule has 0 bridgehead atoms. The molecular formula is C29H20Cl2N2O. The van der Waals surface area contributed by atoms with Gasteiger partial charge < -0.3 is 4.57 Å². The number of ketones is 1. The van der Waals surface area contributed by atoms with Gasteiger partial charge in [0.25, 0.3) is 0 Å². The maximum Gasteiger partial charge on any atom is 0.214 e. The predicted molar refractivity (Wildman–Crippen MR) is 137 cm³/mol. The summed E-state index contributed by atoms with van der Waals surface area (Å²) in [5.41, 5.74) is 3.08. The van der Waals surface area contributed by atoms with Crippen LogP contribution in [0.15, 0.2) is 122 Å². The lowest BCUT2D eigenvalue weighted by atomic mass is 9.77. The Morgan fingerprint density at radius 3 is 1.68 bits per heavy atom. The summed E-state index contributed by atoms with van der Waals surface area (Å²) in [5, 5.41) is 0.774. The Balaban J connectivity index is 1.74. The fraction of sp³-hybridized carbons (Fsp3) is 0.0345. The van der Waals surface area contributed by atoms with Gasteiger partial charge in [0.2, 0.25) is 5.78 Å². The fourth-order valence-electron chi connectivity index (χ4n) is 4.42. The van der Waals surface area contributed by atoms with E-state index < -0.39 is 5.54 Å². The van der Waals surface area contributed by atoms with Crippen LogP contribution in [0.5, 0.6) is 0 Å². The van der Waals surface area contributed by atoms with Gasteiger partial charge in [-0.15, -0.1) is 0 Å². The minimum Gasteiger partial charge on any atom is -0.318 e. The standard InChI is InChI=1S/C29H20Cl2N2O/c30-24-16-17-25(26(31)18-24)28(34)27-19-33(20-32-27)29(21-10-4-1-5-11-21,22-12-6-2-7-13-22)23-14-8-3-9-15-23/h1-20H. The van der Waals surface area contributed by atoms with Crippen LogP contribution in [0.1, 0.15) is 32.7 Å². The van der Waals surface area contributed by atoms with Crippen molar-refractivity contribution >= 4 is 29.0 Å². The number of halogens is 2. The number of hydrogen-bond donors (Lipinski definition) is 0. The molecule has 0 saturated carbocycles. The van der Waals surface area contributed by atoms with Crippen molar-refractivity contribution in [3.8, 4) is 0 Å². The first-order valence-corrected chi connectivity index (χ1v) is 11.6. The van der Waals surface area contributed by atoms with Crippen LogP contribution in [0.25, 0.3) is 0 Å². The van der Waals surface area contributed by atoms with E-state index in [1.807, 2.05) is 59.2 Å². The second kappa shape index (κ2) is 9.30. The number of imidazole rings is 1. The fourth-order valence-corrected chi connectivity index (χ4v) is 4.91. The van der Waals surface area contributed by atoms with E-state index >= 15 is 0 Å². The summed E-state index contributed by atoms with van der Waals surface area (Å²) in [6.07, 6.45) is 3.50. The number of benzene rings is 4. The molecule has 0 fully saturated rings. The zero-order valence-corrected chi connectivity index (χ0v) is 19.6. The first-order chi connectivity index (χ1) is 16.6. The summed E-state index contributed by atoms with van der Waals surface area (Å²) < 4.78 is 2.00. The van der Waals surface area contributed by atoms with E-state index in [0.29, 0.717) is 21.3 Å². The highest BCUT2D eigenvalue weighted by molar-refractivity contribution is 6.37. The van der Waals surface area contributed by atoms with E-state index in [1.54, 1.807) is 30.7 Å². The Hall–Kier alpha value is -3.66. The molecule has 0 aliphatic carbocycles. The van der Waals surface area contributed by atoms with E-state index in [9.17, 15) is 4.79 Å². The second-order valence-corrected chi connectivity index (χ2v) is 8.77. The quantitative estimate of drug-likeness (QED) is 0.188. The van der Waals surface area contributed by atoms with Crippen molar-refractivity contribution in [1.29, 1.82) is 0 Å². The lowest BCUT2D eigenvalue weighted by Gasteiger charge is -2.37. The summed E-state index contributed by atoms with van der Waals surface area (Å²) in [5.74, 6) is -0.261. The highest BCUT2D eigenvalue weighted by Gasteiger charge is 2.38. The van der Waals surface area contributed by atoms with Crippen LogP contribution in [-0.4, -0.2) is 15.3 Å². The third kappa shape index (κ3) is 3.83. The van der Waals surface area contributed by atoms with Crippen molar-refractivity contribution in [3.05, 3.63) is 160 Å². The van der Waals surface area contributed by atoms with Gasteiger partial charge in [0.15, 0.2) is 0 Å². The lowest BCUT2D eigenvalue weighted by Crippen LogP contribution is -2.37. The highest BCUT2D eigenvalue weighted by atomic mass is 35.5. The molecule has 0 aliphatic heterocycles. The van der Waals surface area contributed by atoms with Crippen LogP contribution in [0.4, 0.5) is 0 Å².